The van der Waals surface area contributed by atoms with Crippen LogP contribution in [-0.2, 0) is 11.3 Å². The van der Waals surface area contributed by atoms with Crippen molar-refractivity contribution in [3.63, 3.8) is 0 Å². The summed E-state index contributed by atoms with van der Waals surface area (Å²) in [5, 5.41) is 0. The number of nitrogens with zero attached hydrogens (tertiary/aromatic N) is 2. The van der Waals surface area contributed by atoms with Gasteiger partial charge in [0.15, 0.2) is 0 Å². The van der Waals surface area contributed by atoms with Gasteiger partial charge in [-0.3, -0.25) is 4.90 Å². The highest BCUT2D eigenvalue weighted by atomic mass is 16.5. The standard InChI is InChI=1S/C20H28N2O3/c1-14-11-16(8-9-19(14)24-4)20-21-18(15(2)25-20)12-22-10-6-5-7-17(22)13-23-3/h8-9,11,17H,5-7,10,12-13H2,1-4H3/t17-/m1/s1. The first-order chi connectivity index (χ1) is 12.1. The summed E-state index contributed by atoms with van der Waals surface area (Å²) in [6.07, 6.45) is 3.70. The van der Waals surface area contributed by atoms with Crippen molar-refractivity contribution in [3.05, 3.63) is 35.2 Å². The summed E-state index contributed by atoms with van der Waals surface area (Å²) in [4.78, 5) is 7.25. The molecule has 0 bridgehead atoms. The summed E-state index contributed by atoms with van der Waals surface area (Å²) in [6, 6.07) is 6.49. The first kappa shape index (κ1) is 18.0. The molecule has 0 unspecified atom stereocenters. The highest BCUT2D eigenvalue weighted by Crippen LogP contribution is 2.28. The monoisotopic (exact) mass is 344 g/mol. The first-order valence-corrected chi connectivity index (χ1v) is 8.96. The van der Waals surface area contributed by atoms with Crippen LogP contribution in [0.3, 0.4) is 0 Å². The zero-order valence-corrected chi connectivity index (χ0v) is 15.7. The molecule has 1 atom stereocenters. The molecule has 0 saturated carbocycles. The minimum Gasteiger partial charge on any atom is -0.496 e. The number of hydrogen-bond acceptors (Lipinski definition) is 5. The summed E-state index contributed by atoms with van der Waals surface area (Å²) in [5.41, 5.74) is 3.08. The second-order valence-electron chi connectivity index (χ2n) is 6.78. The van der Waals surface area contributed by atoms with Crippen LogP contribution < -0.4 is 4.74 Å². The van der Waals surface area contributed by atoms with Crippen LogP contribution in [0.15, 0.2) is 22.6 Å². The van der Waals surface area contributed by atoms with Gasteiger partial charge in [0.2, 0.25) is 5.89 Å². The van der Waals surface area contributed by atoms with Gasteiger partial charge < -0.3 is 13.9 Å². The van der Waals surface area contributed by atoms with E-state index in [0.29, 0.717) is 11.9 Å². The molecule has 0 aliphatic carbocycles. The Morgan fingerprint density at radius 1 is 1.24 bits per heavy atom. The molecule has 2 aromatic rings. The van der Waals surface area contributed by atoms with Gasteiger partial charge in [-0.1, -0.05) is 6.42 Å². The van der Waals surface area contributed by atoms with E-state index in [2.05, 4.69) is 11.0 Å². The molecule has 1 fully saturated rings. The third kappa shape index (κ3) is 4.05. The molecule has 1 aliphatic rings. The van der Waals surface area contributed by atoms with Gasteiger partial charge in [0, 0.05) is 25.3 Å². The maximum absolute atomic E-state index is 5.96. The average molecular weight is 344 g/mol. The van der Waals surface area contributed by atoms with Crippen molar-refractivity contribution in [3.8, 4) is 17.2 Å². The van der Waals surface area contributed by atoms with Gasteiger partial charge in [0.05, 0.1) is 19.4 Å². The molecule has 25 heavy (non-hydrogen) atoms. The van der Waals surface area contributed by atoms with Gasteiger partial charge in [-0.25, -0.2) is 4.98 Å². The van der Waals surface area contributed by atoms with Crippen LogP contribution in [0.4, 0.5) is 0 Å². The third-order valence-electron chi connectivity index (χ3n) is 5.00. The number of hydrogen-bond donors (Lipinski definition) is 0. The van der Waals surface area contributed by atoms with Gasteiger partial charge in [-0.2, -0.15) is 0 Å². The van der Waals surface area contributed by atoms with Crippen molar-refractivity contribution in [1.29, 1.82) is 0 Å². The van der Waals surface area contributed by atoms with Crippen molar-refractivity contribution >= 4 is 0 Å². The summed E-state index contributed by atoms with van der Waals surface area (Å²) in [7, 11) is 3.46. The summed E-state index contributed by atoms with van der Waals surface area (Å²) >= 11 is 0. The quantitative estimate of drug-likeness (QED) is 0.793. The third-order valence-corrected chi connectivity index (χ3v) is 5.00. The second-order valence-corrected chi connectivity index (χ2v) is 6.78. The lowest BCUT2D eigenvalue weighted by molar-refractivity contribution is 0.0590. The van der Waals surface area contributed by atoms with E-state index in [-0.39, 0.29) is 0 Å². The maximum atomic E-state index is 5.96. The fraction of sp³-hybridized carbons (Fsp3) is 0.550. The number of piperidine rings is 1. The number of methoxy groups -OCH3 is 2. The van der Waals surface area contributed by atoms with Crippen molar-refractivity contribution < 1.29 is 13.9 Å². The lowest BCUT2D eigenvalue weighted by atomic mass is 10.0. The number of likely N-dealkylation sites (tertiary alicyclic amines) is 1. The number of aryl methyl sites for hydroxylation is 2. The molecule has 3 rings (SSSR count). The molecule has 136 valence electrons. The Morgan fingerprint density at radius 2 is 2.08 bits per heavy atom. The van der Waals surface area contributed by atoms with Crippen molar-refractivity contribution in [2.75, 3.05) is 27.4 Å². The molecular weight excluding hydrogens is 316 g/mol. The maximum Gasteiger partial charge on any atom is 0.226 e. The highest BCUT2D eigenvalue weighted by Gasteiger charge is 2.24. The van der Waals surface area contributed by atoms with E-state index < -0.39 is 0 Å². The summed E-state index contributed by atoms with van der Waals surface area (Å²) in [6.45, 7) is 6.72. The Bertz CT molecular complexity index is 709. The number of rotatable bonds is 6. The Labute approximate surface area is 149 Å². The Kier molecular flexibility index (Phi) is 5.76. The predicted octanol–water partition coefficient (Wildman–Crippen LogP) is 3.97. The van der Waals surface area contributed by atoms with E-state index in [0.717, 1.165) is 48.0 Å². The van der Waals surface area contributed by atoms with E-state index in [1.54, 1.807) is 14.2 Å². The van der Waals surface area contributed by atoms with Crippen LogP contribution in [-0.4, -0.2) is 43.3 Å². The van der Waals surface area contributed by atoms with Gasteiger partial charge in [-0.05, 0) is 57.0 Å². The topological polar surface area (TPSA) is 47.7 Å². The molecule has 0 spiro atoms. The fourth-order valence-corrected chi connectivity index (χ4v) is 3.55. The molecule has 0 radical (unpaired) electrons. The summed E-state index contributed by atoms with van der Waals surface area (Å²) in [5.74, 6) is 2.45. The minimum atomic E-state index is 0.474. The fourth-order valence-electron chi connectivity index (χ4n) is 3.55. The van der Waals surface area contributed by atoms with Gasteiger partial charge in [0.1, 0.15) is 11.5 Å². The summed E-state index contributed by atoms with van der Waals surface area (Å²) < 4.78 is 16.7. The van der Waals surface area contributed by atoms with Crippen LogP contribution in [0.1, 0.15) is 36.3 Å². The molecule has 0 N–H and O–H groups in total. The first-order valence-electron chi connectivity index (χ1n) is 8.96. The molecule has 1 aromatic heterocycles. The van der Waals surface area contributed by atoms with Crippen molar-refractivity contribution in [2.45, 2.75) is 45.7 Å². The SMILES string of the molecule is COC[C@H]1CCCCN1Cc1nc(-c2ccc(OC)c(C)c2)oc1C. The van der Waals surface area contributed by atoms with Gasteiger partial charge >= 0.3 is 0 Å². The minimum absolute atomic E-state index is 0.474. The normalized spacial score (nSPS) is 18.5. The van der Waals surface area contributed by atoms with Crippen LogP contribution >= 0.6 is 0 Å². The molecule has 2 heterocycles. The van der Waals surface area contributed by atoms with Crippen LogP contribution in [0.2, 0.25) is 0 Å². The molecular formula is C20H28N2O3. The predicted molar refractivity (Wildman–Crippen MR) is 97.9 cm³/mol. The zero-order valence-electron chi connectivity index (χ0n) is 15.7. The number of aromatic nitrogens is 1. The van der Waals surface area contributed by atoms with E-state index in [9.17, 15) is 0 Å². The van der Waals surface area contributed by atoms with Gasteiger partial charge in [0.25, 0.3) is 0 Å². The smallest absolute Gasteiger partial charge is 0.226 e. The molecule has 5 heteroatoms. The number of benzene rings is 1. The molecule has 1 aliphatic heterocycles. The Balaban J connectivity index is 1.79. The van der Waals surface area contributed by atoms with Gasteiger partial charge in [-0.15, -0.1) is 0 Å². The second kappa shape index (κ2) is 8.02. The van der Waals surface area contributed by atoms with Crippen molar-refractivity contribution in [2.24, 2.45) is 0 Å². The molecule has 1 aromatic carbocycles. The Morgan fingerprint density at radius 3 is 2.80 bits per heavy atom. The van der Waals surface area contributed by atoms with E-state index >= 15 is 0 Å². The zero-order chi connectivity index (χ0) is 17.8. The highest BCUT2D eigenvalue weighted by molar-refractivity contribution is 5.57. The lowest BCUT2D eigenvalue weighted by Crippen LogP contribution is -2.41. The van der Waals surface area contributed by atoms with E-state index in [1.165, 1.54) is 19.3 Å². The van der Waals surface area contributed by atoms with Crippen molar-refractivity contribution in [1.82, 2.24) is 9.88 Å². The van der Waals surface area contributed by atoms with Crippen LogP contribution in [0.5, 0.6) is 5.75 Å². The van der Waals surface area contributed by atoms with Crippen LogP contribution in [0, 0.1) is 13.8 Å². The molecule has 5 nitrogen and oxygen atoms in total. The Hall–Kier alpha value is -1.85. The average Bonchev–Trinajstić information content (AvgIpc) is 2.97. The lowest BCUT2D eigenvalue weighted by Gasteiger charge is -2.34. The van der Waals surface area contributed by atoms with E-state index in [1.807, 2.05) is 26.0 Å². The number of ether oxygens (including phenoxy) is 2. The molecule has 0 amide bonds. The van der Waals surface area contributed by atoms with Crippen LogP contribution in [0.25, 0.3) is 11.5 Å². The van der Waals surface area contributed by atoms with E-state index in [4.69, 9.17) is 18.9 Å². The number of oxazole rings is 1. The molecule has 1 saturated heterocycles. The largest absolute Gasteiger partial charge is 0.496 e.